The molecule has 3 rings (SSSR count). The van der Waals surface area contributed by atoms with Crippen molar-refractivity contribution in [2.24, 2.45) is 0 Å². The number of carbonyl (C=O) groups is 1. The topological polar surface area (TPSA) is 26.9 Å². The molecule has 3 aromatic rings. The van der Waals surface area contributed by atoms with Crippen molar-refractivity contribution in [3.63, 3.8) is 0 Å². The van der Waals surface area contributed by atoms with Gasteiger partial charge in [-0.15, -0.1) is 6.42 Å². The molecule has 0 aliphatic rings. The molecule has 2 heterocycles. The molecular formula is C21H20N2O. The van der Waals surface area contributed by atoms with Crippen LogP contribution in [0, 0.1) is 12.3 Å². The average molecular weight is 316 g/mol. The number of nitrogens with zero attached hydrogens (tertiary/aromatic N) is 2. The molecule has 24 heavy (non-hydrogen) atoms. The van der Waals surface area contributed by atoms with E-state index >= 15 is 0 Å². The molecule has 0 aliphatic carbocycles. The van der Waals surface area contributed by atoms with E-state index in [4.69, 9.17) is 6.42 Å². The zero-order valence-corrected chi connectivity index (χ0v) is 14.0. The highest BCUT2D eigenvalue weighted by Gasteiger charge is 2.12. The lowest BCUT2D eigenvalue weighted by molar-refractivity contribution is 0.101. The number of carbonyl (C=O) groups excluding carboxylic acids is 1. The second-order valence-corrected chi connectivity index (χ2v) is 5.83. The van der Waals surface area contributed by atoms with E-state index in [1.54, 1.807) is 6.92 Å². The van der Waals surface area contributed by atoms with Gasteiger partial charge in [0.05, 0.1) is 11.3 Å². The Morgan fingerprint density at radius 2 is 1.92 bits per heavy atom. The molecule has 3 nitrogen and oxygen atoms in total. The van der Waals surface area contributed by atoms with Crippen LogP contribution >= 0.6 is 0 Å². The molecule has 0 atom stereocenters. The van der Waals surface area contributed by atoms with Gasteiger partial charge in [0, 0.05) is 41.9 Å². The second-order valence-electron chi connectivity index (χ2n) is 5.83. The Morgan fingerprint density at radius 3 is 2.54 bits per heavy atom. The monoisotopic (exact) mass is 316 g/mol. The summed E-state index contributed by atoms with van der Waals surface area (Å²) in [5, 5.41) is 0. The van der Waals surface area contributed by atoms with Gasteiger partial charge in [0.25, 0.3) is 0 Å². The van der Waals surface area contributed by atoms with E-state index in [2.05, 4.69) is 35.9 Å². The molecule has 0 aliphatic heterocycles. The van der Waals surface area contributed by atoms with Crippen molar-refractivity contribution in [3.05, 3.63) is 66.1 Å². The molecule has 0 saturated heterocycles. The number of rotatable bonds is 5. The van der Waals surface area contributed by atoms with Gasteiger partial charge < -0.3 is 9.13 Å². The molecule has 0 amide bonds. The number of Topliss-reactive ketones (excluding diaryl/α,β-unsaturated/α-hetero) is 1. The van der Waals surface area contributed by atoms with Gasteiger partial charge in [-0.3, -0.25) is 4.79 Å². The fraction of sp³-hybridized carbons (Fsp3) is 0.190. The molecular weight excluding hydrogens is 296 g/mol. The fourth-order valence-electron chi connectivity index (χ4n) is 2.89. The van der Waals surface area contributed by atoms with Crippen LogP contribution in [0.25, 0.3) is 16.9 Å². The lowest BCUT2D eigenvalue weighted by atomic mass is 10.1. The molecule has 0 saturated carbocycles. The smallest absolute Gasteiger partial charge is 0.159 e. The van der Waals surface area contributed by atoms with Crippen LogP contribution in [0.3, 0.4) is 0 Å². The van der Waals surface area contributed by atoms with Crippen molar-refractivity contribution in [1.82, 2.24) is 9.13 Å². The Hall–Kier alpha value is -2.99. The first kappa shape index (κ1) is 15.9. The minimum atomic E-state index is 0.0662. The molecule has 1 aromatic carbocycles. The lowest BCUT2D eigenvalue weighted by Gasteiger charge is -2.07. The maximum absolute atomic E-state index is 11.4. The fourth-order valence-corrected chi connectivity index (χ4v) is 2.89. The van der Waals surface area contributed by atoms with Crippen LogP contribution < -0.4 is 0 Å². The molecule has 0 N–H and O–H groups in total. The van der Waals surface area contributed by atoms with Gasteiger partial charge in [-0.1, -0.05) is 12.8 Å². The summed E-state index contributed by atoms with van der Waals surface area (Å²) in [6.45, 7) is 4.69. The Balaban J connectivity index is 2.03. The van der Waals surface area contributed by atoms with Crippen LogP contribution in [0.5, 0.6) is 0 Å². The number of terminal acetylenes is 1. The van der Waals surface area contributed by atoms with E-state index in [1.807, 2.05) is 41.1 Å². The second kappa shape index (κ2) is 6.64. The Bertz CT molecular complexity index is 904. The molecule has 0 spiro atoms. The number of ketones is 1. The first-order valence-corrected chi connectivity index (χ1v) is 8.09. The summed E-state index contributed by atoms with van der Waals surface area (Å²) in [5.41, 5.74) is 4.73. The Labute approximate surface area is 142 Å². The van der Waals surface area contributed by atoms with E-state index in [9.17, 15) is 4.79 Å². The van der Waals surface area contributed by atoms with E-state index in [1.165, 1.54) is 0 Å². The molecule has 0 fully saturated rings. The molecule has 0 unspecified atom stereocenters. The van der Waals surface area contributed by atoms with Crippen molar-refractivity contribution in [1.29, 1.82) is 0 Å². The van der Waals surface area contributed by atoms with Crippen LogP contribution in [0.2, 0.25) is 0 Å². The summed E-state index contributed by atoms with van der Waals surface area (Å²) in [5.74, 6) is 2.85. The summed E-state index contributed by atoms with van der Waals surface area (Å²) in [6.07, 6.45) is 12.9. The maximum atomic E-state index is 11.4. The third-order valence-corrected chi connectivity index (χ3v) is 4.12. The van der Waals surface area contributed by atoms with E-state index in [0.717, 1.165) is 35.5 Å². The molecule has 120 valence electrons. The average Bonchev–Trinajstić information content (AvgIpc) is 3.21. The third kappa shape index (κ3) is 2.91. The van der Waals surface area contributed by atoms with Crippen LogP contribution in [0.1, 0.15) is 36.2 Å². The minimum Gasteiger partial charge on any atom is -0.347 e. The first-order valence-electron chi connectivity index (χ1n) is 8.09. The van der Waals surface area contributed by atoms with Gasteiger partial charge in [0.1, 0.15) is 0 Å². The minimum absolute atomic E-state index is 0.0662. The van der Waals surface area contributed by atoms with E-state index < -0.39 is 0 Å². The normalized spacial score (nSPS) is 10.5. The molecule has 2 aromatic heterocycles. The number of hydrogen-bond donors (Lipinski definition) is 0. The van der Waals surface area contributed by atoms with E-state index in [0.29, 0.717) is 5.56 Å². The Kier molecular flexibility index (Phi) is 4.39. The predicted molar refractivity (Wildman–Crippen MR) is 97.4 cm³/mol. The van der Waals surface area contributed by atoms with Crippen molar-refractivity contribution < 1.29 is 4.79 Å². The van der Waals surface area contributed by atoms with Gasteiger partial charge in [0.2, 0.25) is 0 Å². The number of aromatic nitrogens is 2. The predicted octanol–water partition coefficient (Wildman–Crippen LogP) is 4.54. The zero-order chi connectivity index (χ0) is 17.1. The van der Waals surface area contributed by atoms with Crippen LogP contribution in [-0.4, -0.2) is 14.9 Å². The van der Waals surface area contributed by atoms with Gasteiger partial charge >= 0.3 is 0 Å². The van der Waals surface area contributed by atoms with Crippen LogP contribution in [0.4, 0.5) is 0 Å². The van der Waals surface area contributed by atoms with Gasteiger partial charge in [-0.2, -0.15) is 0 Å². The van der Waals surface area contributed by atoms with Crippen molar-refractivity contribution >= 4 is 5.78 Å². The molecule has 0 bridgehead atoms. The largest absolute Gasteiger partial charge is 0.347 e. The molecule has 0 radical (unpaired) electrons. The van der Waals surface area contributed by atoms with Crippen molar-refractivity contribution in [2.45, 2.75) is 26.8 Å². The van der Waals surface area contributed by atoms with Crippen molar-refractivity contribution in [3.8, 4) is 29.3 Å². The summed E-state index contributed by atoms with van der Waals surface area (Å²) < 4.78 is 4.23. The summed E-state index contributed by atoms with van der Waals surface area (Å²) >= 11 is 0. The lowest BCUT2D eigenvalue weighted by Crippen LogP contribution is -1.97. The van der Waals surface area contributed by atoms with Crippen LogP contribution in [0.15, 0.2) is 55.0 Å². The number of hydrogen-bond acceptors (Lipinski definition) is 1. The third-order valence-electron chi connectivity index (χ3n) is 4.12. The Morgan fingerprint density at radius 1 is 1.17 bits per heavy atom. The van der Waals surface area contributed by atoms with Gasteiger partial charge in [0.15, 0.2) is 5.78 Å². The standard InChI is InChI=1S/C21H20N2O/c1-4-12-22-13-6-7-21(22)20-15-23(14-17(20)5-2)19-10-8-18(9-11-19)16(3)24/h2,6-11,13-15H,4,12H2,1,3H3. The number of benzene rings is 1. The SMILES string of the molecule is C#Cc1cn(-c2ccc(C(C)=O)cc2)cc1-c1cccn1CCC. The highest BCUT2D eigenvalue weighted by molar-refractivity contribution is 5.94. The highest BCUT2D eigenvalue weighted by Crippen LogP contribution is 2.27. The van der Waals surface area contributed by atoms with Crippen molar-refractivity contribution in [2.75, 3.05) is 0 Å². The van der Waals surface area contributed by atoms with E-state index in [-0.39, 0.29) is 5.78 Å². The van der Waals surface area contributed by atoms with Gasteiger partial charge in [-0.05, 0) is 49.7 Å². The molecule has 3 heteroatoms. The maximum Gasteiger partial charge on any atom is 0.159 e. The summed E-state index contributed by atoms with van der Waals surface area (Å²) in [7, 11) is 0. The summed E-state index contributed by atoms with van der Waals surface area (Å²) in [6, 6.07) is 11.7. The zero-order valence-electron chi connectivity index (χ0n) is 14.0. The van der Waals surface area contributed by atoms with Crippen LogP contribution in [-0.2, 0) is 6.54 Å². The highest BCUT2D eigenvalue weighted by atomic mass is 16.1. The first-order chi connectivity index (χ1) is 11.6. The quantitative estimate of drug-likeness (QED) is 0.501. The number of aryl methyl sites for hydroxylation is 1. The van der Waals surface area contributed by atoms with Gasteiger partial charge in [-0.25, -0.2) is 0 Å². The summed E-state index contributed by atoms with van der Waals surface area (Å²) in [4.78, 5) is 11.4.